The molecular weight excluding hydrogens is 504 g/mol. The first-order valence-electron chi connectivity index (χ1n) is 11.5. The molecule has 1 unspecified atom stereocenters. The number of aromatic nitrogens is 1. The van der Waals surface area contributed by atoms with Crippen molar-refractivity contribution in [2.45, 2.75) is 45.8 Å². The van der Waals surface area contributed by atoms with E-state index in [2.05, 4.69) is 4.98 Å². The summed E-state index contributed by atoms with van der Waals surface area (Å²) in [7, 11) is 0. The summed E-state index contributed by atoms with van der Waals surface area (Å²) >= 11 is -0.261. The maximum absolute atomic E-state index is 13.0. The van der Waals surface area contributed by atoms with Gasteiger partial charge in [0.05, 0.1) is 17.9 Å². The number of nitrogens with zero attached hydrogens (tertiary/aromatic N) is 1. The number of hydrogen-bond donors (Lipinski definition) is 2. The van der Waals surface area contributed by atoms with Crippen LogP contribution >= 0.6 is 11.3 Å². The van der Waals surface area contributed by atoms with Crippen LogP contribution in [0.4, 0.5) is 4.79 Å². The first kappa shape index (κ1) is 27.7. The largest absolute Gasteiger partial charge is 0.506 e. The number of phenols is 1. The van der Waals surface area contributed by atoms with Crippen molar-refractivity contribution in [2.75, 3.05) is 26.0 Å². The number of thiazole rings is 1. The van der Waals surface area contributed by atoms with Gasteiger partial charge < -0.3 is 24.5 Å². The van der Waals surface area contributed by atoms with E-state index in [1.165, 1.54) is 6.26 Å². The highest BCUT2D eigenvalue weighted by molar-refractivity contribution is 7.79. The van der Waals surface area contributed by atoms with Crippen LogP contribution in [0.1, 0.15) is 38.3 Å². The molecule has 11 heteroatoms. The Morgan fingerprint density at radius 1 is 1.19 bits per heavy atom. The number of ether oxygens (including phenoxy) is 2. The molecule has 1 aromatic heterocycles. The van der Waals surface area contributed by atoms with Gasteiger partial charge >= 0.3 is 11.0 Å². The molecule has 0 aliphatic heterocycles. The number of rotatable bonds is 11. The number of nitrogens with one attached hydrogen (secondary N) is 1. The van der Waals surface area contributed by atoms with Crippen LogP contribution in [-0.4, -0.2) is 56.9 Å². The number of amides is 1. The van der Waals surface area contributed by atoms with Crippen LogP contribution in [0.25, 0.3) is 10.2 Å². The second-order valence-electron chi connectivity index (χ2n) is 9.19. The third-order valence-corrected chi connectivity index (χ3v) is 6.48. The summed E-state index contributed by atoms with van der Waals surface area (Å²) in [5.74, 6) is 0.675. The Morgan fingerprint density at radius 3 is 2.69 bits per heavy atom. The molecule has 1 atom stereocenters. The summed E-state index contributed by atoms with van der Waals surface area (Å²) in [6.45, 7) is 6.84. The predicted octanol–water partition coefficient (Wildman–Crippen LogP) is 4.35. The van der Waals surface area contributed by atoms with E-state index in [0.717, 1.165) is 22.5 Å². The first-order chi connectivity index (χ1) is 17.0. The van der Waals surface area contributed by atoms with Crippen LogP contribution in [0, 0.1) is 0 Å². The molecule has 2 N–H and O–H groups in total. The van der Waals surface area contributed by atoms with Gasteiger partial charge in [-0.1, -0.05) is 29.5 Å². The molecule has 3 rings (SSSR count). The minimum absolute atomic E-state index is 0.0161. The second-order valence-corrected chi connectivity index (χ2v) is 11.2. The number of aromatic amines is 1. The number of carbonyl (C=O) groups is 1. The zero-order valence-corrected chi connectivity index (χ0v) is 22.5. The lowest BCUT2D eigenvalue weighted by Gasteiger charge is -2.27. The minimum atomic E-state index is -1.29. The number of carbonyl (C=O) groups excluding carboxylic acids is 1. The Hall–Kier alpha value is -2.89. The second kappa shape index (κ2) is 12.4. The van der Waals surface area contributed by atoms with Crippen LogP contribution in [0.3, 0.4) is 0 Å². The molecule has 3 aromatic rings. The summed E-state index contributed by atoms with van der Waals surface area (Å²) < 4.78 is 28.1. The van der Waals surface area contributed by atoms with Gasteiger partial charge in [0.2, 0.25) is 0 Å². The highest BCUT2D eigenvalue weighted by atomic mass is 32.2. The van der Waals surface area contributed by atoms with Gasteiger partial charge in [-0.05, 0) is 56.5 Å². The van der Waals surface area contributed by atoms with E-state index in [1.807, 2.05) is 45.0 Å². The smallest absolute Gasteiger partial charge is 0.410 e. The topological polar surface area (TPSA) is 118 Å². The SMILES string of the molecule is CS(=O)OCCCOc1cccc(CN(CCc2ccc(O)c3[nH]c(=O)sc23)C(=O)OC(C)(C)C)c1. The Balaban J connectivity index is 1.72. The summed E-state index contributed by atoms with van der Waals surface area (Å²) in [5, 5.41) is 10.1. The van der Waals surface area contributed by atoms with E-state index in [-0.39, 0.29) is 10.6 Å². The van der Waals surface area contributed by atoms with Gasteiger partial charge in [0.25, 0.3) is 0 Å². The van der Waals surface area contributed by atoms with E-state index >= 15 is 0 Å². The van der Waals surface area contributed by atoms with Gasteiger partial charge in [0.1, 0.15) is 22.6 Å². The fraction of sp³-hybridized carbons (Fsp3) is 0.440. The average Bonchev–Trinajstić information content (AvgIpc) is 3.19. The molecule has 0 radical (unpaired) electrons. The van der Waals surface area contributed by atoms with Crippen molar-refractivity contribution >= 4 is 38.7 Å². The lowest BCUT2D eigenvalue weighted by atomic mass is 10.1. The van der Waals surface area contributed by atoms with E-state index in [1.54, 1.807) is 17.0 Å². The molecule has 0 saturated carbocycles. The van der Waals surface area contributed by atoms with E-state index in [0.29, 0.717) is 55.1 Å². The lowest BCUT2D eigenvalue weighted by molar-refractivity contribution is 0.0235. The van der Waals surface area contributed by atoms with Crippen LogP contribution in [0.5, 0.6) is 11.5 Å². The third-order valence-electron chi connectivity index (χ3n) is 5.02. The molecule has 1 heterocycles. The standard InChI is InChI=1S/C25H32N2O7S2/c1-25(2,3)34-24(30)27(12-11-18-9-10-20(28)21-22(18)35-23(29)26-21)16-17-7-5-8-19(15-17)32-13-6-14-33-36(4)31/h5,7-10,15,28H,6,11-14,16H2,1-4H3,(H,26,29). The number of H-pyrrole nitrogens is 1. The van der Waals surface area contributed by atoms with Crippen molar-refractivity contribution in [1.82, 2.24) is 9.88 Å². The van der Waals surface area contributed by atoms with Crippen molar-refractivity contribution in [1.29, 1.82) is 0 Å². The van der Waals surface area contributed by atoms with Crippen molar-refractivity contribution in [2.24, 2.45) is 0 Å². The van der Waals surface area contributed by atoms with Crippen molar-refractivity contribution < 1.29 is 27.8 Å². The van der Waals surface area contributed by atoms with Crippen LogP contribution < -0.4 is 9.61 Å². The number of aromatic hydroxyl groups is 1. The quantitative estimate of drug-likeness (QED) is 0.350. The minimum Gasteiger partial charge on any atom is -0.506 e. The zero-order chi connectivity index (χ0) is 26.3. The summed E-state index contributed by atoms with van der Waals surface area (Å²) in [6.07, 6.45) is 2.10. The summed E-state index contributed by atoms with van der Waals surface area (Å²) in [5.41, 5.74) is 1.47. The Morgan fingerprint density at radius 2 is 1.97 bits per heavy atom. The molecule has 0 fully saturated rings. The molecule has 0 aliphatic rings. The highest BCUT2D eigenvalue weighted by Crippen LogP contribution is 2.28. The molecule has 0 spiro atoms. The first-order valence-corrected chi connectivity index (χ1v) is 13.8. The maximum atomic E-state index is 13.0. The predicted molar refractivity (Wildman–Crippen MR) is 141 cm³/mol. The molecule has 9 nitrogen and oxygen atoms in total. The van der Waals surface area contributed by atoms with E-state index in [4.69, 9.17) is 13.7 Å². The molecule has 196 valence electrons. The van der Waals surface area contributed by atoms with Crippen LogP contribution in [0.2, 0.25) is 0 Å². The van der Waals surface area contributed by atoms with Gasteiger partial charge in [0, 0.05) is 25.8 Å². The van der Waals surface area contributed by atoms with E-state index < -0.39 is 22.8 Å². The maximum Gasteiger partial charge on any atom is 0.410 e. The van der Waals surface area contributed by atoms with Crippen molar-refractivity contribution in [3.05, 3.63) is 57.2 Å². The number of benzene rings is 2. The third kappa shape index (κ3) is 8.35. The van der Waals surface area contributed by atoms with Crippen molar-refractivity contribution in [3.8, 4) is 11.5 Å². The summed E-state index contributed by atoms with van der Waals surface area (Å²) in [6, 6.07) is 10.8. The van der Waals surface area contributed by atoms with Crippen molar-refractivity contribution in [3.63, 3.8) is 0 Å². The van der Waals surface area contributed by atoms with Gasteiger partial charge in [-0.15, -0.1) is 0 Å². The van der Waals surface area contributed by atoms with Gasteiger partial charge in [-0.2, -0.15) is 0 Å². The zero-order valence-electron chi connectivity index (χ0n) is 20.9. The van der Waals surface area contributed by atoms with Crippen LogP contribution in [-0.2, 0) is 33.0 Å². The molecule has 36 heavy (non-hydrogen) atoms. The fourth-order valence-electron chi connectivity index (χ4n) is 3.47. The molecule has 0 aliphatic carbocycles. The normalized spacial score (nSPS) is 12.4. The molecule has 0 saturated heterocycles. The van der Waals surface area contributed by atoms with Gasteiger partial charge in [-0.25, -0.2) is 9.00 Å². The molecular formula is C25H32N2O7S2. The molecule has 1 amide bonds. The van der Waals surface area contributed by atoms with E-state index in [9.17, 15) is 18.9 Å². The Kier molecular flexibility index (Phi) is 9.52. The fourth-order valence-corrected chi connectivity index (χ4v) is 4.72. The monoisotopic (exact) mass is 536 g/mol. The number of fused-ring (bicyclic) bond motifs is 1. The lowest BCUT2D eigenvalue weighted by Crippen LogP contribution is -2.37. The number of hydrogen-bond acceptors (Lipinski definition) is 8. The molecule has 0 bridgehead atoms. The summed E-state index contributed by atoms with van der Waals surface area (Å²) in [4.78, 5) is 28.9. The Labute approximate surface area is 216 Å². The average molecular weight is 537 g/mol. The number of phenolic OH excluding ortho intramolecular Hbond substituents is 1. The highest BCUT2D eigenvalue weighted by Gasteiger charge is 2.23. The van der Waals surface area contributed by atoms with Crippen LogP contribution in [0.15, 0.2) is 41.2 Å². The molecule has 2 aromatic carbocycles. The Bertz CT molecular complexity index is 1260. The van der Waals surface area contributed by atoms with Gasteiger partial charge in [-0.3, -0.25) is 8.98 Å². The van der Waals surface area contributed by atoms with Gasteiger partial charge in [0.15, 0.2) is 11.1 Å².